The Morgan fingerprint density at radius 2 is 1.77 bits per heavy atom. The molecule has 1 aromatic carbocycles. The van der Waals surface area contributed by atoms with E-state index in [-0.39, 0.29) is 50.3 Å². The van der Waals surface area contributed by atoms with Gasteiger partial charge in [-0.15, -0.1) is 0 Å². The number of fused-ring (bicyclic) bond motifs is 2. The summed E-state index contributed by atoms with van der Waals surface area (Å²) in [5.74, 6) is -3.52. The summed E-state index contributed by atoms with van der Waals surface area (Å²) >= 11 is 3.59. The highest BCUT2D eigenvalue weighted by Gasteiger charge is 2.74. The van der Waals surface area contributed by atoms with Crippen molar-refractivity contribution in [2.45, 2.75) is 56.1 Å². The molecule has 6 rings (SSSR count). The SMILES string of the molecule is C[C@H]1NC(=O)CC/C=C\CN(CCN2CCOCC2)C(=O)[C@@H]2N(CCCO)C(=O)[C@H]3[C@H](C(=O)O[C@@H]1c1ccccc1)[C@H]1O[C@@]23C=C1Br. The number of nitrogens with zero attached hydrogens (tertiary/aromatic N) is 3. The molecular weight excluding hydrogens is 672 g/mol. The highest BCUT2D eigenvalue weighted by molar-refractivity contribution is 9.11. The maximum Gasteiger partial charge on any atom is 0.313 e. The van der Waals surface area contributed by atoms with Crippen LogP contribution in [0.15, 0.2) is 53.0 Å². The van der Waals surface area contributed by atoms with Crippen LogP contribution >= 0.6 is 15.9 Å². The number of cyclic esters (lactones) is 1. The van der Waals surface area contributed by atoms with Gasteiger partial charge in [-0.3, -0.25) is 24.1 Å². The summed E-state index contributed by atoms with van der Waals surface area (Å²) in [4.78, 5) is 61.7. The molecule has 0 radical (unpaired) electrons. The van der Waals surface area contributed by atoms with Gasteiger partial charge in [0.05, 0.1) is 25.2 Å². The first kappa shape index (κ1) is 33.8. The van der Waals surface area contributed by atoms with Crippen molar-refractivity contribution < 1.29 is 38.5 Å². The second-order valence-corrected chi connectivity index (χ2v) is 13.7. The second-order valence-electron chi connectivity index (χ2n) is 12.8. The summed E-state index contributed by atoms with van der Waals surface area (Å²) in [6.45, 7) is 5.83. The number of benzene rings is 1. The average molecular weight is 716 g/mol. The molecule has 5 aliphatic rings. The first-order chi connectivity index (χ1) is 22.7. The smallest absolute Gasteiger partial charge is 0.313 e. The van der Waals surface area contributed by atoms with Gasteiger partial charge in [-0.25, -0.2) is 0 Å². The van der Waals surface area contributed by atoms with Crippen molar-refractivity contribution in [3.05, 3.63) is 58.6 Å². The van der Waals surface area contributed by atoms with E-state index in [0.717, 1.165) is 13.1 Å². The molecule has 13 heteroatoms. The van der Waals surface area contributed by atoms with Crippen molar-refractivity contribution in [3.8, 4) is 0 Å². The first-order valence-corrected chi connectivity index (χ1v) is 17.3. The molecule has 47 heavy (non-hydrogen) atoms. The maximum absolute atomic E-state index is 14.7. The minimum Gasteiger partial charge on any atom is -0.455 e. The molecule has 1 spiro atoms. The molecule has 0 aliphatic carbocycles. The fourth-order valence-corrected chi connectivity index (χ4v) is 8.28. The minimum absolute atomic E-state index is 0.133. The van der Waals surface area contributed by atoms with Gasteiger partial charge in [-0.1, -0.05) is 58.4 Å². The Bertz CT molecular complexity index is 1400. The van der Waals surface area contributed by atoms with Crippen LogP contribution in [-0.2, 0) is 33.4 Å². The monoisotopic (exact) mass is 714 g/mol. The van der Waals surface area contributed by atoms with Gasteiger partial charge >= 0.3 is 5.97 Å². The summed E-state index contributed by atoms with van der Waals surface area (Å²) in [7, 11) is 0. The van der Waals surface area contributed by atoms with Crippen LogP contribution in [0.4, 0.5) is 0 Å². The zero-order valence-electron chi connectivity index (χ0n) is 26.6. The molecule has 0 saturated carbocycles. The van der Waals surface area contributed by atoms with Gasteiger partial charge in [0, 0.05) is 56.8 Å². The zero-order chi connectivity index (χ0) is 33.1. The number of esters is 1. The fourth-order valence-electron chi connectivity index (χ4n) is 7.54. The predicted molar refractivity (Wildman–Crippen MR) is 174 cm³/mol. The van der Waals surface area contributed by atoms with E-state index in [0.29, 0.717) is 42.8 Å². The van der Waals surface area contributed by atoms with E-state index >= 15 is 0 Å². The number of morpholine rings is 1. The van der Waals surface area contributed by atoms with Crippen LogP contribution in [0, 0.1) is 11.8 Å². The van der Waals surface area contributed by atoms with E-state index in [2.05, 4.69) is 26.1 Å². The van der Waals surface area contributed by atoms with Gasteiger partial charge in [0.2, 0.25) is 17.7 Å². The highest BCUT2D eigenvalue weighted by Crippen LogP contribution is 2.59. The van der Waals surface area contributed by atoms with Crippen LogP contribution in [0.1, 0.15) is 37.9 Å². The zero-order valence-corrected chi connectivity index (χ0v) is 28.2. The molecule has 254 valence electrons. The number of likely N-dealkylation sites (tertiary alicyclic amines) is 1. The van der Waals surface area contributed by atoms with Crippen molar-refractivity contribution in [1.82, 2.24) is 20.0 Å². The second kappa shape index (κ2) is 14.6. The van der Waals surface area contributed by atoms with Crippen molar-refractivity contribution in [2.75, 3.05) is 59.1 Å². The molecule has 2 N–H and O–H groups in total. The van der Waals surface area contributed by atoms with Crippen molar-refractivity contribution in [2.24, 2.45) is 11.8 Å². The van der Waals surface area contributed by atoms with E-state index < -0.39 is 47.7 Å². The lowest BCUT2D eigenvalue weighted by atomic mass is 9.74. The number of allylic oxidation sites excluding steroid dienone is 1. The number of hydrogen-bond acceptors (Lipinski definition) is 9. The molecular formula is C34H43BrN4O8. The quantitative estimate of drug-likeness (QED) is 0.318. The van der Waals surface area contributed by atoms with Crippen molar-refractivity contribution in [1.29, 1.82) is 0 Å². The number of aliphatic hydroxyl groups is 1. The largest absolute Gasteiger partial charge is 0.455 e. The number of hydrogen-bond donors (Lipinski definition) is 2. The topological polar surface area (TPSA) is 138 Å². The molecule has 0 unspecified atom stereocenters. The van der Waals surface area contributed by atoms with Gasteiger partial charge in [-0.2, -0.15) is 0 Å². The van der Waals surface area contributed by atoms with Gasteiger partial charge in [0.25, 0.3) is 0 Å². The number of halogens is 1. The van der Waals surface area contributed by atoms with Gasteiger partial charge < -0.3 is 34.4 Å². The Kier molecular flexibility index (Phi) is 10.5. The van der Waals surface area contributed by atoms with E-state index in [1.807, 2.05) is 42.5 Å². The van der Waals surface area contributed by atoms with E-state index in [4.69, 9.17) is 14.2 Å². The third kappa shape index (κ3) is 6.65. The number of ether oxygens (including phenoxy) is 3. The summed E-state index contributed by atoms with van der Waals surface area (Å²) in [5, 5.41) is 12.7. The van der Waals surface area contributed by atoms with Crippen molar-refractivity contribution in [3.63, 3.8) is 0 Å². The number of amides is 3. The van der Waals surface area contributed by atoms with Crippen molar-refractivity contribution >= 4 is 39.6 Å². The summed E-state index contributed by atoms with van der Waals surface area (Å²) in [6, 6.07) is 7.58. The Balaban J connectivity index is 1.38. The lowest BCUT2D eigenvalue weighted by molar-refractivity contribution is -0.161. The number of rotatable bonds is 7. The molecule has 5 heterocycles. The molecule has 1 aromatic rings. The molecule has 5 aliphatic heterocycles. The molecule has 0 aromatic heterocycles. The lowest BCUT2D eigenvalue weighted by Gasteiger charge is -2.37. The van der Waals surface area contributed by atoms with Crippen LogP contribution < -0.4 is 5.32 Å². The van der Waals surface area contributed by atoms with Crippen LogP contribution in [0.25, 0.3) is 0 Å². The standard InChI is InChI=1S/C34H43BrN4O8/c1-22-28(23-9-4-2-5-10-23)46-33(44)26-27-31(42)39(13-8-18-40)30(34(27)21-24(35)29(26)47-34)32(43)38(12-7-3-6-11-25(41)36-22)15-14-37-16-19-45-20-17-37/h2-5,7,9-10,21-22,26-30,40H,6,8,11-20H2,1H3,(H,36,41)/b7-3-/t22-,26+,27-,28+,29+,30+,34-/m1/s1. The van der Waals surface area contributed by atoms with Crippen LogP contribution in [0.2, 0.25) is 0 Å². The number of carbonyl (C=O) groups excluding carboxylic acids is 4. The third-order valence-corrected chi connectivity index (χ3v) is 10.5. The van der Waals surface area contributed by atoms with Gasteiger partial charge in [0.1, 0.15) is 29.8 Å². The number of aliphatic hydroxyl groups excluding tert-OH is 1. The normalized spacial score (nSPS) is 34.2. The summed E-state index contributed by atoms with van der Waals surface area (Å²) < 4.78 is 18.9. The predicted octanol–water partition coefficient (Wildman–Crippen LogP) is 1.54. The minimum atomic E-state index is -1.40. The van der Waals surface area contributed by atoms with Gasteiger partial charge in [-0.05, 0) is 31.4 Å². The Hall–Kier alpha value is -3.10. The number of nitrogens with one attached hydrogen (secondary N) is 1. The van der Waals surface area contributed by atoms with E-state index in [1.165, 1.54) is 4.90 Å². The Labute approximate surface area is 283 Å². The van der Waals surface area contributed by atoms with Crippen LogP contribution in [-0.4, -0.2) is 126 Å². The highest BCUT2D eigenvalue weighted by atomic mass is 79.9. The fraction of sp³-hybridized carbons (Fsp3) is 0.588. The molecule has 3 fully saturated rings. The third-order valence-electron chi connectivity index (χ3n) is 9.84. The maximum atomic E-state index is 14.7. The van der Waals surface area contributed by atoms with Crippen LogP contribution in [0.3, 0.4) is 0 Å². The number of carbonyl (C=O) groups is 4. The summed E-state index contributed by atoms with van der Waals surface area (Å²) in [5.41, 5.74) is -0.695. The average Bonchev–Trinajstić information content (AvgIpc) is 3.66. The van der Waals surface area contributed by atoms with E-state index in [9.17, 15) is 24.3 Å². The first-order valence-electron chi connectivity index (χ1n) is 16.5. The molecule has 3 amide bonds. The molecule has 3 saturated heterocycles. The molecule has 7 atom stereocenters. The molecule has 12 nitrogen and oxygen atoms in total. The van der Waals surface area contributed by atoms with Crippen LogP contribution in [0.5, 0.6) is 0 Å². The lowest BCUT2D eigenvalue weighted by Crippen LogP contribution is -2.57. The van der Waals surface area contributed by atoms with Gasteiger partial charge in [0.15, 0.2) is 0 Å². The van der Waals surface area contributed by atoms with E-state index in [1.54, 1.807) is 17.9 Å². The summed E-state index contributed by atoms with van der Waals surface area (Å²) in [6.07, 6.45) is 4.87. The Morgan fingerprint density at radius 3 is 2.51 bits per heavy atom. The molecule has 5 bridgehead atoms. The Morgan fingerprint density at radius 1 is 1.00 bits per heavy atom.